The molecule has 1 amide bonds. The maximum absolute atomic E-state index is 12.1. The van der Waals surface area contributed by atoms with Crippen LogP contribution >= 0.6 is 0 Å². The number of carboxylic acid groups (broad SMARTS) is 1. The summed E-state index contributed by atoms with van der Waals surface area (Å²) in [7, 11) is 0. The first-order chi connectivity index (χ1) is 8.97. The first-order valence-electron chi connectivity index (χ1n) is 6.57. The first kappa shape index (κ1) is 13.6. The van der Waals surface area contributed by atoms with Crippen molar-refractivity contribution in [1.29, 1.82) is 0 Å². The maximum atomic E-state index is 12.1. The number of furan rings is 1. The van der Waals surface area contributed by atoms with Gasteiger partial charge in [-0.25, -0.2) is 0 Å². The van der Waals surface area contributed by atoms with Gasteiger partial charge in [-0.1, -0.05) is 0 Å². The Bertz CT molecular complexity index is 480. The second-order valence-corrected chi connectivity index (χ2v) is 5.22. The molecule has 1 aromatic rings. The normalized spacial score (nSPS) is 24.1. The van der Waals surface area contributed by atoms with Gasteiger partial charge >= 0.3 is 5.97 Å². The third-order valence-electron chi connectivity index (χ3n) is 3.70. The highest BCUT2D eigenvalue weighted by molar-refractivity contribution is 5.81. The smallest absolute Gasteiger partial charge is 0.306 e. The number of aryl methyl sites for hydroxylation is 1. The van der Waals surface area contributed by atoms with Gasteiger partial charge < -0.3 is 14.8 Å². The van der Waals surface area contributed by atoms with Crippen LogP contribution in [0.4, 0.5) is 0 Å². The predicted molar refractivity (Wildman–Crippen MR) is 68.5 cm³/mol. The highest BCUT2D eigenvalue weighted by Crippen LogP contribution is 2.31. The van der Waals surface area contributed by atoms with Crippen molar-refractivity contribution in [1.82, 2.24) is 5.32 Å². The molecular weight excluding hydrogens is 246 g/mol. The minimum atomic E-state index is -0.801. The Morgan fingerprint density at radius 2 is 2.05 bits per heavy atom. The lowest BCUT2D eigenvalue weighted by molar-refractivity contribution is -0.141. The van der Waals surface area contributed by atoms with Crippen LogP contribution in [0.1, 0.15) is 43.7 Å². The van der Waals surface area contributed by atoms with Gasteiger partial charge in [0, 0.05) is 5.92 Å². The van der Waals surface area contributed by atoms with Crippen molar-refractivity contribution in [2.75, 3.05) is 0 Å². The monoisotopic (exact) mass is 265 g/mol. The molecule has 1 heterocycles. The minimum Gasteiger partial charge on any atom is -0.481 e. The van der Waals surface area contributed by atoms with E-state index in [1.807, 2.05) is 26.0 Å². The SMILES string of the molecule is Cc1ccc(C(C)NC(=O)C2CCC(C(=O)O)C2)o1. The van der Waals surface area contributed by atoms with E-state index in [1.165, 1.54) is 0 Å². The molecule has 2 N–H and O–H groups in total. The Morgan fingerprint density at radius 1 is 1.37 bits per heavy atom. The zero-order valence-electron chi connectivity index (χ0n) is 11.2. The summed E-state index contributed by atoms with van der Waals surface area (Å²) in [5.74, 6) is 0.0772. The summed E-state index contributed by atoms with van der Waals surface area (Å²) in [4.78, 5) is 22.9. The lowest BCUT2D eigenvalue weighted by Gasteiger charge is -2.15. The Kier molecular flexibility index (Phi) is 3.93. The Labute approximate surface area is 112 Å². The second-order valence-electron chi connectivity index (χ2n) is 5.22. The summed E-state index contributed by atoms with van der Waals surface area (Å²) in [6.07, 6.45) is 1.67. The number of hydrogen-bond acceptors (Lipinski definition) is 3. The standard InChI is InChI=1S/C14H19NO4/c1-8-3-6-12(19-8)9(2)15-13(16)10-4-5-11(7-10)14(17)18/h3,6,9-11H,4-5,7H2,1-2H3,(H,15,16)(H,17,18). The van der Waals surface area contributed by atoms with E-state index in [9.17, 15) is 9.59 Å². The van der Waals surface area contributed by atoms with Crippen molar-refractivity contribution in [2.45, 2.75) is 39.2 Å². The average molecular weight is 265 g/mol. The van der Waals surface area contributed by atoms with E-state index in [4.69, 9.17) is 9.52 Å². The lowest BCUT2D eigenvalue weighted by atomic mass is 10.0. The molecule has 5 nitrogen and oxygen atoms in total. The van der Waals surface area contributed by atoms with Crippen LogP contribution in [0, 0.1) is 18.8 Å². The number of amides is 1. The van der Waals surface area contributed by atoms with Gasteiger partial charge in [-0.05, 0) is 45.2 Å². The lowest BCUT2D eigenvalue weighted by Crippen LogP contribution is -2.31. The summed E-state index contributed by atoms with van der Waals surface area (Å²) in [6.45, 7) is 3.71. The predicted octanol–water partition coefficient (Wildman–Crippen LogP) is 2.27. The molecule has 0 aliphatic heterocycles. The molecule has 3 atom stereocenters. The molecule has 0 bridgehead atoms. The third-order valence-corrected chi connectivity index (χ3v) is 3.70. The van der Waals surface area contributed by atoms with Crippen LogP contribution in [-0.2, 0) is 9.59 Å². The fourth-order valence-electron chi connectivity index (χ4n) is 2.53. The van der Waals surface area contributed by atoms with Gasteiger partial charge in [-0.2, -0.15) is 0 Å². The van der Waals surface area contributed by atoms with E-state index in [0.29, 0.717) is 19.3 Å². The van der Waals surface area contributed by atoms with Gasteiger partial charge in [0.1, 0.15) is 11.5 Å². The van der Waals surface area contributed by atoms with Crippen molar-refractivity contribution < 1.29 is 19.1 Å². The van der Waals surface area contributed by atoms with Crippen LogP contribution in [0.15, 0.2) is 16.5 Å². The summed E-state index contributed by atoms with van der Waals surface area (Å²) in [6, 6.07) is 3.51. The zero-order chi connectivity index (χ0) is 14.0. The second kappa shape index (κ2) is 5.47. The molecular formula is C14H19NO4. The van der Waals surface area contributed by atoms with Gasteiger partial charge in [0.05, 0.1) is 12.0 Å². The molecule has 2 rings (SSSR count). The maximum Gasteiger partial charge on any atom is 0.306 e. The van der Waals surface area contributed by atoms with Gasteiger partial charge in [0.2, 0.25) is 5.91 Å². The molecule has 0 saturated heterocycles. The van der Waals surface area contributed by atoms with E-state index >= 15 is 0 Å². The number of carbonyl (C=O) groups is 2. The quantitative estimate of drug-likeness (QED) is 0.875. The molecule has 0 radical (unpaired) electrons. The number of rotatable bonds is 4. The molecule has 0 aromatic carbocycles. The number of aliphatic carboxylic acids is 1. The molecule has 1 aliphatic rings. The molecule has 104 valence electrons. The van der Waals surface area contributed by atoms with E-state index in [2.05, 4.69) is 5.32 Å². The molecule has 3 unspecified atom stereocenters. The summed E-state index contributed by atoms with van der Waals surface area (Å²) >= 11 is 0. The molecule has 1 saturated carbocycles. The van der Waals surface area contributed by atoms with E-state index in [1.54, 1.807) is 0 Å². The van der Waals surface area contributed by atoms with Crippen LogP contribution in [-0.4, -0.2) is 17.0 Å². The minimum absolute atomic E-state index is 0.0784. The topological polar surface area (TPSA) is 79.5 Å². The van der Waals surface area contributed by atoms with Gasteiger partial charge in [-0.15, -0.1) is 0 Å². The molecule has 19 heavy (non-hydrogen) atoms. The number of nitrogens with one attached hydrogen (secondary N) is 1. The molecule has 1 fully saturated rings. The van der Waals surface area contributed by atoms with Gasteiger partial charge in [0.15, 0.2) is 0 Å². The first-order valence-corrected chi connectivity index (χ1v) is 6.57. The third kappa shape index (κ3) is 3.16. The van der Waals surface area contributed by atoms with Crippen molar-refractivity contribution in [3.8, 4) is 0 Å². The average Bonchev–Trinajstić information content (AvgIpc) is 2.96. The summed E-state index contributed by atoms with van der Waals surface area (Å²) in [5.41, 5.74) is 0. The fourth-order valence-corrected chi connectivity index (χ4v) is 2.53. The fraction of sp³-hybridized carbons (Fsp3) is 0.571. The Balaban J connectivity index is 1.89. The van der Waals surface area contributed by atoms with Crippen LogP contribution < -0.4 is 5.32 Å². The van der Waals surface area contributed by atoms with Crippen molar-refractivity contribution >= 4 is 11.9 Å². The number of carboxylic acids is 1. The van der Waals surface area contributed by atoms with E-state index in [-0.39, 0.29) is 23.8 Å². The molecule has 0 spiro atoms. The highest BCUT2D eigenvalue weighted by Gasteiger charge is 2.34. The molecule has 1 aromatic heterocycles. The van der Waals surface area contributed by atoms with Crippen molar-refractivity contribution in [2.24, 2.45) is 11.8 Å². The summed E-state index contributed by atoms with van der Waals surface area (Å²) < 4.78 is 5.46. The number of hydrogen-bond donors (Lipinski definition) is 2. The van der Waals surface area contributed by atoms with Crippen molar-refractivity contribution in [3.63, 3.8) is 0 Å². The zero-order valence-corrected chi connectivity index (χ0v) is 11.2. The molecule has 1 aliphatic carbocycles. The van der Waals surface area contributed by atoms with Crippen molar-refractivity contribution in [3.05, 3.63) is 23.7 Å². The van der Waals surface area contributed by atoms with Crippen LogP contribution in [0.5, 0.6) is 0 Å². The summed E-state index contributed by atoms with van der Waals surface area (Å²) in [5, 5.41) is 11.8. The van der Waals surface area contributed by atoms with Gasteiger partial charge in [0.25, 0.3) is 0 Å². The van der Waals surface area contributed by atoms with E-state index < -0.39 is 5.97 Å². The van der Waals surface area contributed by atoms with Crippen LogP contribution in [0.2, 0.25) is 0 Å². The highest BCUT2D eigenvalue weighted by atomic mass is 16.4. The molecule has 5 heteroatoms. The van der Waals surface area contributed by atoms with Crippen LogP contribution in [0.25, 0.3) is 0 Å². The largest absolute Gasteiger partial charge is 0.481 e. The number of carbonyl (C=O) groups excluding carboxylic acids is 1. The Morgan fingerprint density at radius 3 is 2.58 bits per heavy atom. The van der Waals surface area contributed by atoms with Gasteiger partial charge in [-0.3, -0.25) is 9.59 Å². The van der Waals surface area contributed by atoms with Crippen LogP contribution in [0.3, 0.4) is 0 Å². The Hall–Kier alpha value is -1.78. The van der Waals surface area contributed by atoms with E-state index in [0.717, 1.165) is 11.5 Å².